The molecule has 0 bridgehead atoms. The summed E-state index contributed by atoms with van der Waals surface area (Å²) < 4.78 is 0. The third-order valence-electron chi connectivity index (χ3n) is 4.83. The smallest absolute Gasteiger partial charge is 0.234 e. The zero-order valence-electron chi connectivity index (χ0n) is 18.6. The summed E-state index contributed by atoms with van der Waals surface area (Å²) >= 11 is 2.83. The predicted octanol–water partition coefficient (Wildman–Crippen LogP) is 3.76. The highest BCUT2D eigenvalue weighted by atomic mass is 32.2. The quantitative estimate of drug-likeness (QED) is 0.383. The molecule has 2 aliphatic rings. The number of Topliss-reactive ketones (excluding diaryl/α,β-unsaturated/α-hetero) is 2. The second kappa shape index (κ2) is 14.6. The van der Waals surface area contributed by atoms with Gasteiger partial charge in [0.1, 0.15) is 11.6 Å². The highest BCUT2D eigenvalue weighted by Crippen LogP contribution is 2.26. The van der Waals surface area contributed by atoms with Gasteiger partial charge in [0.25, 0.3) is 0 Å². The molecule has 2 N–H and O–H groups in total. The number of ketones is 2. The number of amides is 2. The number of anilines is 2. The number of carbonyl (C=O) groups excluding carboxylic acids is 4. The Morgan fingerprint density at radius 1 is 0.588 bits per heavy atom. The van der Waals surface area contributed by atoms with Crippen molar-refractivity contribution < 1.29 is 19.2 Å². The zero-order valence-corrected chi connectivity index (χ0v) is 20.3. The van der Waals surface area contributed by atoms with Crippen molar-refractivity contribution >= 4 is 58.3 Å². The Bertz CT molecular complexity index is 763. The number of hydrogen-bond acceptors (Lipinski definition) is 6. The first-order valence-electron chi connectivity index (χ1n) is 10.9. The highest BCUT2D eigenvalue weighted by Gasteiger charge is 2.24. The van der Waals surface area contributed by atoms with Gasteiger partial charge in [-0.05, 0) is 75.6 Å². The van der Waals surface area contributed by atoms with E-state index in [1.54, 1.807) is 49.9 Å². The summed E-state index contributed by atoms with van der Waals surface area (Å²) in [5, 5.41) is 5.62. The van der Waals surface area contributed by atoms with E-state index < -0.39 is 0 Å². The van der Waals surface area contributed by atoms with Crippen molar-refractivity contribution in [2.24, 2.45) is 0 Å². The van der Waals surface area contributed by atoms with Crippen LogP contribution in [0.25, 0.3) is 0 Å². The van der Waals surface area contributed by atoms with E-state index in [2.05, 4.69) is 10.6 Å². The van der Waals surface area contributed by atoms with Gasteiger partial charge in [-0.25, -0.2) is 0 Å². The van der Waals surface area contributed by atoms with Crippen LogP contribution in [-0.2, 0) is 19.2 Å². The minimum Gasteiger partial charge on any atom is -0.325 e. The van der Waals surface area contributed by atoms with E-state index in [1.807, 2.05) is 25.7 Å². The van der Waals surface area contributed by atoms with Crippen LogP contribution in [0.2, 0.25) is 0 Å². The van der Waals surface area contributed by atoms with Crippen LogP contribution in [0.4, 0.5) is 11.4 Å². The third-order valence-corrected chi connectivity index (χ3v) is 6.75. The topological polar surface area (TPSA) is 92.3 Å². The molecule has 2 saturated carbocycles. The van der Waals surface area contributed by atoms with Gasteiger partial charge in [-0.15, -0.1) is 0 Å². The maximum Gasteiger partial charge on any atom is 0.234 e. The van der Waals surface area contributed by atoms with E-state index in [-0.39, 0.29) is 34.9 Å². The predicted molar refractivity (Wildman–Crippen MR) is 138 cm³/mol. The number of nitrogens with one attached hydrogen (secondary N) is 2. The molecule has 34 heavy (non-hydrogen) atoms. The third kappa shape index (κ3) is 9.45. The number of thioether (sulfide) groups is 2. The normalized spacial score (nSPS) is 16.5. The second-order valence-electron chi connectivity index (χ2n) is 7.47. The fourth-order valence-corrected chi connectivity index (χ4v) is 4.56. The van der Waals surface area contributed by atoms with Crippen molar-refractivity contribution in [1.29, 1.82) is 0 Å². The van der Waals surface area contributed by atoms with Gasteiger partial charge in [-0.2, -0.15) is 23.5 Å². The summed E-state index contributed by atoms with van der Waals surface area (Å²) in [6, 6.07) is 6.90. The number of carbonyl (C=O) groups is 4. The van der Waals surface area contributed by atoms with E-state index in [0.29, 0.717) is 47.6 Å². The fourth-order valence-electron chi connectivity index (χ4n) is 3.10. The van der Waals surface area contributed by atoms with Gasteiger partial charge in [0.2, 0.25) is 11.8 Å². The lowest BCUT2D eigenvalue weighted by Gasteiger charge is -2.09. The van der Waals surface area contributed by atoms with Crippen molar-refractivity contribution in [3.8, 4) is 0 Å². The Morgan fingerprint density at radius 3 is 1.29 bits per heavy atom. The Morgan fingerprint density at radius 2 is 0.941 bits per heavy atom. The molecule has 0 saturated heterocycles. The molecule has 0 unspecified atom stereocenters. The molecule has 1 aromatic rings. The fraction of sp³-hybridized carbons (Fsp3) is 0.231. The van der Waals surface area contributed by atoms with Gasteiger partial charge in [0.05, 0.1) is 11.5 Å². The summed E-state index contributed by atoms with van der Waals surface area (Å²) in [6.07, 6.45) is 15.3. The maximum absolute atomic E-state index is 12.1. The first kappa shape index (κ1) is 26.8. The molecule has 0 aromatic heterocycles. The molecular weight excluding hydrogens is 468 g/mol. The molecule has 2 amide bonds. The van der Waals surface area contributed by atoms with Gasteiger partial charge in [-0.3, -0.25) is 19.2 Å². The van der Waals surface area contributed by atoms with Crippen LogP contribution in [0.1, 0.15) is 12.8 Å². The molecule has 0 heterocycles. The Kier molecular flexibility index (Phi) is 11.5. The highest BCUT2D eigenvalue weighted by molar-refractivity contribution is 8.00. The average molecular weight is 495 g/mol. The first-order valence-corrected chi connectivity index (χ1v) is 13.2. The zero-order chi connectivity index (χ0) is 24.2. The Labute approximate surface area is 211 Å². The SMILES string of the molecule is O=C(CSCCC(=O)[C]1[CH][CH][CH][CH]1)Nc1ccc(NC(=O)CSCCC(=O)[C]2[CH][CH][CH][CH]2)cc1. The molecule has 10 radical (unpaired) electrons. The second-order valence-corrected chi connectivity index (χ2v) is 9.68. The molecular formula is C26H26N2O4S2. The minimum absolute atomic E-state index is 0.0837. The van der Waals surface area contributed by atoms with Crippen molar-refractivity contribution in [2.45, 2.75) is 12.8 Å². The van der Waals surface area contributed by atoms with Gasteiger partial charge in [0, 0.05) is 47.6 Å². The van der Waals surface area contributed by atoms with Crippen molar-refractivity contribution in [3.05, 3.63) is 87.5 Å². The largest absolute Gasteiger partial charge is 0.325 e. The van der Waals surface area contributed by atoms with Crippen LogP contribution < -0.4 is 10.6 Å². The van der Waals surface area contributed by atoms with Crippen molar-refractivity contribution in [1.82, 2.24) is 0 Å². The monoisotopic (exact) mass is 494 g/mol. The summed E-state index contributed by atoms with van der Waals surface area (Å²) in [4.78, 5) is 48.1. The molecule has 2 aliphatic carbocycles. The molecule has 0 atom stereocenters. The van der Waals surface area contributed by atoms with Crippen LogP contribution in [0.5, 0.6) is 0 Å². The average Bonchev–Trinajstić information content (AvgIpc) is 3.55. The summed E-state index contributed by atoms with van der Waals surface area (Å²) in [6.45, 7) is 0. The molecule has 176 valence electrons. The van der Waals surface area contributed by atoms with Crippen LogP contribution in [0.15, 0.2) is 24.3 Å². The number of hydrogen-bond donors (Lipinski definition) is 2. The van der Waals surface area contributed by atoms with E-state index >= 15 is 0 Å². The molecule has 3 rings (SSSR count). The maximum atomic E-state index is 12.1. The lowest BCUT2D eigenvalue weighted by molar-refractivity contribution is -0.117. The van der Waals surface area contributed by atoms with Crippen molar-refractivity contribution in [2.75, 3.05) is 33.6 Å². The van der Waals surface area contributed by atoms with Gasteiger partial charge in [-0.1, -0.05) is 0 Å². The number of benzene rings is 1. The molecule has 1 aromatic carbocycles. The van der Waals surface area contributed by atoms with E-state index in [4.69, 9.17) is 0 Å². The van der Waals surface area contributed by atoms with Crippen molar-refractivity contribution in [3.63, 3.8) is 0 Å². The Balaban J connectivity index is 1.25. The molecule has 6 nitrogen and oxygen atoms in total. The summed E-state index contributed by atoms with van der Waals surface area (Å²) in [5.74, 6) is 2.99. The Hall–Kier alpha value is -1.80. The minimum atomic E-state index is -0.143. The summed E-state index contributed by atoms with van der Waals surface area (Å²) in [5.41, 5.74) is 1.27. The first-order chi connectivity index (χ1) is 16.5. The van der Waals surface area contributed by atoms with E-state index in [9.17, 15) is 19.2 Å². The van der Waals surface area contributed by atoms with Crippen LogP contribution in [0, 0.1) is 63.2 Å². The summed E-state index contributed by atoms with van der Waals surface area (Å²) in [7, 11) is 0. The van der Waals surface area contributed by atoms with Crippen LogP contribution in [-0.4, -0.2) is 46.4 Å². The van der Waals surface area contributed by atoms with E-state index in [0.717, 1.165) is 0 Å². The van der Waals surface area contributed by atoms with Gasteiger partial charge in [0.15, 0.2) is 0 Å². The molecule has 0 spiro atoms. The van der Waals surface area contributed by atoms with Gasteiger partial charge < -0.3 is 10.6 Å². The molecule has 8 heteroatoms. The van der Waals surface area contributed by atoms with Gasteiger partial charge >= 0.3 is 0 Å². The van der Waals surface area contributed by atoms with Crippen LogP contribution in [0.3, 0.4) is 0 Å². The van der Waals surface area contributed by atoms with E-state index in [1.165, 1.54) is 23.5 Å². The van der Waals surface area contributed by atoms with Crippen LogP contribution >= 0.6 is 23.5 Å². The molecule has 2 fully saturated rings. The number of rotatable bonds is 14. The standard InChI is InChI=1S/C26H26N2O4S2/c29-23(19-5-1-2-6-19)13-15-33-17-25(31)27-21-9-11-22(12-10-21)28-26(32)18-34-16-14-24(30)20-7-3-4-8-20/h1-12H,13-18H2,(H,27,31)(H,28,32). The lowest BCUT2D eigenvalue weighted by Crippen LogP contribution is -2.16. The lowest BCUT2D eigenvalue weighted by atomic mass is 10.0. The molecule has 0 aliphatic heterocycles.